The summed E-state index contributed by atoms with van der Waals surface area (Å²) in [4.78, 5) is 0. The van der Waals surface area contributed by atoms with E-state index >= 15 is 0 Å². The molecule has 3 rings (SSSR count). The lowest BCUT2D eigenvalue weighted by Gasteiger charge is -2.27. The third kappa shape index (κ3) is 2.46. The molecule has 0 bridgehead atoms. The second kappa shape index (κ2) is 5.10. The van der Waals surface area contributed by atoms with Crippen molar-refractivity contribution in [2.24, 2.45) is 0 Å². The van der Waals surface area contributed by atoms with E-state index in [1.807, 2.05) is 42.5 Å². The highest BCUT2D eigenvalue weighted by Crippen LogP contribution is 2.30. The summed E-state index contributed by atoms with van der Waals surface area (Å²) in [6.07, 6.45) is -0.0971. The topological polar surface area (TPSA) is 30.5 Å². The smallest absolute Gasteiger partial charge is 0.184 e. The minimum absolute atomic E-state index is 0.0971. The zero-order valence-electron chi connectivity index (χ0n) is 10.0. The van der Waals surface area contributed by atoms with Crippen molar-refractivity contribution in [2.75, 3.05) is 6.61 Å². The summed E-state index contributed by atoms with van der Waals surface area (Å²) < 4.78 is 11.5. The van der Waals surface area contributed by atoms with E-state index in [9.17, 15) is 0 Å². The monoisotopic (exact) mass is 241 g/mol. The van der Waals surface area contributed by atoms with Crippen LogP contribution in [0.2, 0.25) is 0 Å². The van der Waals surface area contributed by atoms with Gasteiger partial charge in [0.1, 0.15) is 6.61 Å². The van der Waals surface area contributed by atoms with Crippen LogP contribution in [0.25, 0.3) is 0 Å². The number of benzene rings is 2. The molecule has 1 heterocycles. The fourth-order valence-electron chi connectivity index (χ4n) is 1.95. The maximum Gasteiger partial charge on any atom is 0.184 e. The van der Waals surface area contributed by atoms with Crippen LogP contribution >= 0.6 is 0 Å². The summed E-state index contributed by atoms with van der Waals surface area (Å²) in [7, 11) is 0. The molecule has 2 aromatic carbocycles. The average molecular weight is 241 g/mol. The van der Waals surface area contributed by atoms with Crippen molar-refractivity contribution in [1.29, 1.82) is 0 Å². The first kappa shape index (κ1) is 11.1. The fraction of sp³-hybridized carbons (Fsp3) is 0.200. The van der Waals surface area contributed by atoms with Crippen LogP contribution in [-0.4, -0.2) is 12.8 Å². The van der Waals surface area contributed by atoms with Crippen molar-refractivity contribution < 1.29 is 9.47 Å². The van der Waals surface area contributed by atoms with Gasteiger partial charge in [-0.1, -0.05) is 42.5 Å². The minimum atomic E-state index is -0.0971. The normalized spacial score (nSPS) is 17.4. The van der Waals surface area contributed by atoms with Gasteiger partial charge in [-0.15, -0.1) is 0 Å². The number of para-hydroxylation sites is 2. The third-order valence-corrected chi connectivity index (χ3v) is 2.89. The Hall–Kier alpha value is -2.00. The van der Waals surface area contributed by atoms with E-state index in [0.717, 1.165) is 18.0 Å². The molecule has 3 heteroatoms. The van der Waals surface area contributed by atoms with Crippen molar-refractivity contribution >= 4 is 0 Å². The van der Waals surface area contributed by atoms with E-state index in [4.69, 9.17) is 9.47 Å². The van der Waals surface area contributed by atoms with Crippen LogP contribution < -0.4 is 14.8 Å². The molecule has 1 N–H and O–H groups in total. The van der Waals surface area contributed by atoms with Crippen LogP contribution in [0.4, 0.5) is 0 Å². The summed E-state index contributed by atoms with van der Waals surface area (Å²) in [5.41, 5.74) is 1.24. The molecule has 0 spiro atoms. The van der Waals surface area contributed by atoms with Crippen LogP contribution in [-0.2, 0) is 6.54 Å². The van der Waals surface area contributed by atoms with Gasteiger partial charge in [0.15, 0.2) is 17.7 Å². The van der Waals surface area contributed by atoms with Gasteiger partial charge in [-0.2, -0.15) is 0 Å². The molecule has 1 aliphatic rings. The maximum absolute atomic E-state index is 5.82. The van der Waals surface area contributed by atoms with Crippen LogP contribution in [0.1, 0.15) is 5.56 Å². The molecular weight excluding hydrogens is 226 g/mol. The molecular formula is C15H15NO2. The highest BCUT2D eigenvalue weighted by Gasteiger charge is 2.19. The SMILES string of the molecule is c1ccc(CNC2COc3ccccc3O2)cc1. The molecule has 0 amide bonds. The Kier molecular flexibility index (Phi) is 3.15. The lowest BCUT2D eigenvalue weighted by Crippen LogP contribution is -2.41. The van der Waals surface area contributed by atoms with Gasteiger partial charge < -0.3 is 9.47 Å². The van der Waals surface area contributed by atoms with Crippen molar-refractivity contribution in [1.82, 2.24) is 5.32 Å². The zero-order valence-corrected chi connectivity index (χ0v) is 10.0. The number of hydrogen-bond acceptors (Lipinski definition) is 3. The molecule has 92 valence electrons. The molecule has 0 fully saturated rings. The van der Waals surface area contributed by atoms with Gasteiger partial charge in [0.05, 0.1) is 0 Å². The molecule has 2 aromatic rings. The Bertz CT molecular complexity index is 513. The van der Waals surface area contributed by atoms with E-state index in [2.05, 4.69) is 17.4 Å². The highest BCUT2D eigenvalue weighted by molar-refractivity contribution is 5.40. The molecule has 0 aromatic heterocycles. The van der Waals surface area contributed by atoms with E-state index in [1.165, 1.54) is 5.56 Å². The largest absolute Gasteiger partial charge is 0.484 e. The predicted molar refractivity (Wildman–Crippen MR) is 69.6 cm³/mol. The van der Waals surface area contributed by atoms with E-state index in [-0.39, 0.29) is 6.23 Å². The van der Waals surface area contributed by atoms with Gasteiger partial charge in [-0.05, 0) is 17.7 Å². The van der Waals surface area contributed by atoms with Crippen molar-refractivity contribution in [2.45, 2.75) is 12.8 Å². The predicted octanol–water partition coefficient (Wildman–Crippen LogP) is 2.57. The Morgan fingerprint density at radius 3 is 2.50 bits per heavy atom. The second-order valence-corrected chi connectivity index (χ2v) is 4.23. The minimum Gasteiger partial charge on any atom is -0.484 e. The van der Waals surface area contributed by atoms with E-state index in [0.29, 0.717) is 6.61 Å². The molecule has 0 saturated heterocycles. The Morgan fingerprint density at radius 2 is 1.67 bits per heavy atom. The highest BCUT2D eigenvalue weighted by atomic mass is 16.6. The van der Waals surface area contributed by atoms with Crippen LogP contribution in [0.3, 0.4) is 0 Å². The van der Waals surface area contributed by atoms with Crippen molar-refractivity contribution in [3.05, 3.63) is 60.2 Å². The third-order valence-electron chi connectivity index (χ3n) is 2.89. The van der Waals surface area contributed by atoms with E-state index in [1.54, 1.807) is 0 Å². The summed E-state index contributed by atoms with van der Waals surface area (Å²) in [6.45, 7) is 1.31. The lowest BCUT2D eigenvalue weighted by molar-refractivity contribution is 0.0653. The van der Waals surface area contributed by atoms with Gasteiger partial charge in [-0.25, -0.2) is 0 Å². The fourth-order valence-corrected chi connectivity index (χ4v) is 1.95. The van der Waals surface area contributed by atoms with Gasteiger partial charge in [0, 0.05) is 6.54 Å². The summed E-state index contributed by atoms with van der Waals surface area (Å²) in [6, 6.07) is 18.0. The van der Waals surface area contributed by atoms with Gasteiger partial charge in [0.2, 0.25) is 0 Å². The average Bonchev–Trinajstić information content (AvgIpc) is 2.46. The first-order valence-electron chi connectivity index (χ1n) is 6.07. The number of hydrogen-bond donors (Lipinski definition) is 1. The number of nitrogens with one attached hydrogen (secondary N) is 1. The van der Waals surface area contributed by atoms with Crippen molar-refractivity contribution in [3.8, 4) is 11.5 Å². The molecule has 1 unspecified atom stereocenters. The number of ether oxygens (including phenoxy) is 2. The summed E-state index contributed by atoms with van der Waals surface area (Å²) in [5.74, 6) is 1.62. The van der Waals surface area contributed by atoms with E-state index < -0.39 is 0 Å². The summed E-state index contributed by atoms with van der Waals surface area (Å²) >= 11 is 0. The molecule has 0 saturated carbocycles. The number of fused-ring (bicyclic) bond motifs is 1. The van der Waals surface area contributed by atoms with Gasteiger partial charge in [0.25, 0.3) is 0 Å². The maximum atomic E-state index is 5.82. The zero-order chi connectivity index (χ0) is 12.2. The van der Waals surface area contributed by atoms with Crippen molar-refractivity contribution in [3.63, 3.8) is 0 Å². The molecule has 0 radical (unpaired) electrons. The van der Waals surface area contributed by atoms with Crippen LogP contribution in [0.15, 0.2) is 54.6 Å². The summed E-state index contributed by atoms with van der Waals surface area (Å²) in [5, 5.41) is 3.33. The molecule has 3 nitrogen and oxygen atoms in total. The Morgan fingerprint density at radius 1 is 0.944 bits per heavy atom. The van der Waals surface area contributed by atoms with Crippen LogP contribution in [0, 0.1) is 0 Å². The Labute approximate surface area is 106 Å². The molecule has 18 heavy (non-hydrogen) atoms. The molecule has 1 aliphatic heterocycles. The second-order valence-electron chi connectivity index (χ2n) is 4.23. The Balaban J connectivity index is 1.60. The lowest BCUT2D eigenvalue weighted by atomic mass is 10.2. The molecule has 0 aliphatic carbocycles. The number of rotatable bonds is 3. The first-order chi connectivity index (χ1) is 8.92. The van der Waals surface area contributed by atoms with Gasteiger partial charge in [-0.3, -0.25) is 5.32 Å². The van der Waals surface area contributed by atoms with Gasteiger partial charge >= 0.3 is 0 Å². The standard InChI is InChI=1S/C15H15NO2/c1-2-6-12(7-3-1)10-16-15-11-17-13-8-4-5-9-14(13)18-15/h1-9,15-16H,10-11H2. The first-order valence-corrected chi connectivity index (χ1v) is 6.07. The quantitative estimate of drug-likeness (QED) is 0.896. The van der Waals surface area contributed by atoms with Crippen LogP contribution in [0.5, 0.6) is 11.5 Å². The molecule has 1 atom stereocenters.